The van der Waals surface area contributed by atoms with Crippen LogP contribution < -0.4 is 10.6 Å². The van der Waals surface area contributed by atoms with Crippen LogP contribution in [-0.2, 0) is 11.3 Å². The van der Waals surface area contributed by atoms with Crippen LogP contribution in [0.1, 0.15) is 35.3 Å². The Balaban J connectivity index is 1.57. The minimum absolute atomic E-state index is 0.105. The monoisotopic (exact) mass is 362 g/mol. The lowest BCUT2D eigenvalue weighted by molar-refractivity contribution is -0.116. The summed E-state index contributed by atoms with van der Waals surface area (Å²) in [6.07, 6.45) is 5.49. The topological polar surface area (TPSA) is 76.0 Å². The highest BCUT2D eigenvalue weighted by atomic mass is 16.2. The summed E-state index contributed by atoms with van der Waals surface area (Å²) in [5.41, 5.74) is 2.14. The number of hydrogen-bond acceptors (Lipinski definition) is 3. The number of benzene rings is 2. The minimum Gasteiger partial charge on any atom is -0.346 e. The zero-order valence-electron chi connectivity index (χ0n) is 15.1. The molecule has 27 heavy (non-hydrogen) atoms. The summed E-state index contributed by atoms with van der Waals surface area (Å²) >= 11 is 0. The number of rotatable bonds is 7. The zero-order chi connectivity index (χ0) is 19.1. The second-order valence-electron chi connectivity index (χ2n) is 6.29. The van der Waals surface area contributed by atoms with Gasteiger partial charge in [-0.3, -0.25) is 9.59 Å². The second-order valence-corrected chi connectivity index (χ2v) is 6.29. The van der Waals surface area contributed by atoms with Crippen LogP contribution >= 0.6 is 0 Å². The lowest BCUT2D eigenvalue weighted by atomic mass is 10.1. The Bertz CT molecular complexity index is 892. The van der Waals surface area contributed by atoms with Crippen LogP contribution in [0.25, 0.3) is 0 Å². The molecule has 0 saturated carbocycles. The van der Waals surface area contributed by atoms with Gasteiger partial charge in [0, 0.05) is 36.6 Å². The van der Waals surface area contributed by atoms with E-state index in [4.69, 9.17) is 0 Å². The van der Waals surface area contributed by atoms with E-state index in [9.17, 15) is 9.59 Å². The molecule has 0 aliphatic rings. The summed E-state index contributed by atoms with van der Waals surface area (Å²) in [7, 11) is 0. The lowest BCUT2D eigenvalue weighted by Crippen LogP contribution is -2.26. The number of aryl methyl sites for hydroxylation is 1. The van der Waals surface area contributed by atoms with E-state index < -0.39 is 0 Å². The Morgan fingerprint density at radius 2 is 1.93 bits per heavy atom. The normalized spacial score (nSPS) is 11.6. The standard InChI is InChI=1S/C21H22N4O2/c1-16(17-6-3-2-4-7-17)23-21(27)18-8-5-9-19(14-18)24-20(26)10-12-25-13-11-22-15-25/h2-9,11,13-16H,10,12H2,1H3,(H,23,27)(H,24,26)/t16-/m0/s1. The van der Waals surface area contributed by atoms with E-state index in [0.29, 0.717) is 24.2 Å². The van der Waals surface area contributed by atoms with E-state index >= 15 is 0 Å². The average molecular weight is 362 g/mol. The molecule has 6 heteroatoms. The molecule has 0 aliphatic carbocycles. The lowest BCUT2D eigenvalue weighted by Gasteiger charge is -2.15. The number of anilines is 1. The number of hydrogen-bond donors (Lipinski definition) is 2. The van der Waals surface area contributed by atoms with Crippen LogP contribution in [0.15, 0.2) is 73.3 Å². The van der Waals surface area contributed by atoms with Crippen molar-refractivity contribution >= 4 is 17.5 Å². The smallest absolute Gasteiger partial charge is 0.251 e. The Labute approximate surface area is 158 Å². The van der Waals surface area contributed by atoms with Gasteiger partial charge in [-0.2, -0.15) is 0 Å². The first kappa shape index (κ1) is 18.4. The first-order valence-corrected chi connectivity index (χ1v) is 8.83. The predicted molar refractivity (Wildman–Crippen MR) is 104 cm³/mol. The van der Waals surface area contributed by atoms with Crippen molar-refractivity contribution in [2.45, 2.75) is 25.9 Å². The molecule has 1 atom stereocenters. The molecule has 0 saturated heterocycles. The van der Waals surface area contributed by atoms with Gasteiger partial charge in [-0.15, -0.1) is 0 Å². The van der Waals surface area contributed by atoms with Gasteiger partial charge in [0.1, 0.15) is 0 Å². The fourth-order valence-corrected chi connectivity index (χ4v) is 2.72. The number of amides is 2. The highest BCUT2D eigenvalue weighted by molar-refractivity contribution is 5.97. The van der Waals surface area contributed by atoms with E-state index in [2.05, 4.69) is 15.6 Å². The molecule has 6 nitrogen and oxygen atoms in total. The molecular weight excluding hydrogens is 340 g/mol. The summed E-state index contributed by atoms with van der Waals surface area (Å²) in [4.78, 5) is 28.6. The van der Waals surface area contributed by atoms with Crippen LogP contribution in [0.2, 0.25) is 0 Å². The molecule has 2 amide bonds. The molecule has 0 radical (unpaired) electrons. The van der Waals surface area contributed by atoms with E-state index in [0.717, 1.165) is 5.56 Å². The van der Waals surface area contributed by atoms with Crippen LogP contribution in [-0.4, -0.2) is 21.4 Å². The van der Waals surface area contributed by atoms with Crippen LogP contribution in [0.4, 0.5) is 5.69 Å². The molecule has 1 heterocycles. The van der Waals surface area contributed by atoms with E-state index in [1.54, 1.807) is 36.8 Å². The quantitative estimate of drug-likeness (QED) is 0.676. The molecule has 1 aromatic heterocycles. The van der Waals surface area contributed by atoms with Gasteiger partial charge in [-0.05, 0) is 30.7 Å². The third-order valence-electron chi connectivity index (χ3n) is 4.21. The van der Waals surface area contributed by atoms with Crippen molar-refractivity contribution in [3.63, 3.8) is 0 Å². The van der Waals surface area contributed by atoms with Gasteiger partial charge in [-0.1, -0.05) is 36.4 Å². The van der Waals surface area contributed by atoms with Gasteiger partial charge in [0.05, 0.1) is 12.4 Å². The molecule has 3 aromatic rings. The van der Waals surface area contributed by atoms with Gasteiger partial charge < -0.3 is 15.2 Å². The molecular formula is C21H22N4O2. The van der Waals surface area contributed by atoms with Gasteiger partial charge >= 0.3 is 0 Å². The van der Waals surface area contributed by atoms with E-state index in [1.807, 2.05) is 48.0 Å². The Morgan fingerprint density at radius 3 is 2.67 bits per heavy atom. The summed E-state index contributed by atoms with van der Waals surface area (Å²) in [6.45, 7) is 2.50. The first-order valence-electron chi connectivity index (χ1n) is 8.83. The molecule has 0 unspecified atom stereocenters. The average Bonchev–Trinajstić information content (AvgIpc) is 3.21. The van der Waals surface area contributed by atoms with Crippen molar-refractivity contribution in [1.82, 2.24) is 14.9 Å². The Kier molecular flexibility index (Phi) is 5.99. The maximum atomic E-state index is 12.5. The van der Waals surface area contributed by atoms with E-state index in [1.165, 1.54) is 0 Å². The number of carbonyl (C=O) groups is 2. The molecule has 2 N–H and O–H groups in total. The maximum absolute atomic E-state index is 12.5. The largest absolute Gasteiger partial charge is 0.346 e. The predicted octanol–water partition coefficient (Wildman–Crippen LogP) is 3.40. The van der Waals surface area contributed by atoms with Gasteiger partial charge in [0.2, 0.25) is 5.91 Å². The van der Waals surface area contributed by atoms with Crippen molar-refractivity contribution < 1.29 is 9.59 Å². The van der Waals surface area contributed by atoms with Crippen molar-refractivity contribution in [3.05, 3.63) is 84.4 Å². The first-order chi connectivity index (χ1) is 13.1. The molecule has 138 valence electrons. The summed E-state index contributed by atoms with van der Waals surface area (Å²) < 4.78 is 1.84. The SMILES string of the molecule is C[C@H](NC(=O)c1cccc(NC(=O)CCn2ccnc2)c1)c1ccccc1. The highest BCUT2D eigenvalue weighted by Crippen LogP contribution is 2.15. The number of nitrogens with zero attached hydrogens (tertiary/aromatic N) is 2. The fraction of sp³-hybridized carbons (Fsp3) is 0.190. The number of aromatic nitrogens is 2. The van der Waals surface area contributed by atoms with Crippen molar-refractivity contribution in [3.8, 4) is 0 Å². The molecule has 3 rings (SSSR count). The van der Waals surface area contributed by atoms with Gasteiger partial charge in [0.25, 0.3) is 5.91 Å². The Hall–Kier alpha value is -3.41. The number of imidazole rings is 1. The third-order valence-corrected chi connectivity index (χ3v) is 4.21. The maximum Gasteiger partial charge on any atom is 0.251 e. The number of carbonyl (C=O) groups excluding carboxylic acids is 2. The van der Waals surface area contributed by atoms with Crippen LogP contribution in [0.3, 0.4) is 0 Å². The van der Waals surface area contributed by atoms with Gasteiger partial charge in [0.15, 0.2) is 0 Å². The summed E-state index contributed by atoms with van der Waals surface area (Å²) in [5.74, 6) is -0.292. The zero-order valence-corrected chi connectivity index (χ0v) is 15.1. The third kappa shape index (κ3) is 5.28. The van der Waals surface area contributed by atoms with Crippen molar-refractivity contribution in [2.24, 2.45) is 0 Å². The second kappa shape index (κ2) is 8.80. The summed E-state index contributed by atoms with van der Waals surface area (Å²) in [5, 5.41) is 5.81. The Morgan fingerprint density at radius 1 is 1.11 bits per heavy atom. The molecule has 0 spiro atoms. The van der Waals surface area contributed by atoms with Gasteiger partial charge in [-0.25, -0.2) is 4.98 Å². The minimum atomic E-state index is -0.180. The van der Waals surface area contributed by atoms with Crippen LogP contribution in [0, 0.1) is 0 Å². The number of nitrogens with one attached hydrogen (secondary N) is 2. The highest BCUT2D eigenvalue weighted by Gasteiger charge is 2.12. The molecule has 2 aromatic carbocycles. The fourth-order valence-electron chi connectivity index (χ4n) is 2.72. The summed E-state index contributed by atoms with van der Waals surface area (Å²) in [6, 6.07) is 16.6. The van der Waals surface area contributed by atoms with Crippen molar-refractivity contribution in [1.29, 1.82) is 0 Å². The van der Waals surface area contributed by atoms with Crippen LogP contribution in [0.5, 0.6) is 0 Å². The molecule has 0 bridgehead atoms. The van der Waals surface area contributed by atoms with Crippen molar-refractivity contribution in [2.75, 3.05) is 5.32 Å². The molecule has 0 aliphatic heterocycles. The molecule has 0 fully saturated rings. The van der Waals surface area contributed by atoms with E-state index in [-0.39, 0.29) is 17.9 Å².